The second kappa shape index (κ2) is 11.0. The van der Waals surface area contributed by atoms with Gasteiger partial charge in [-0.15, -0.1) is 0 Å². The Morgan fingerprint density at radius 2 is 1.56 bits per heavy atom. The summed E-state index contributed by atoms with van der Waals surface area (Å²) in [6.45, 7) is 16.2. The van der Waals surface area contributed by atoms with E-state index in [9.17, 15) is 0 Å². The predicted octanol–water partition coefficient (Wildman–Crippen LogP) is 12.6. The van der Waals surface area contributed by atoms with Crippen molar-refractivity contribution in [3.05, 3.63) is 154 Å². The normalized spacial score (nSPS) is 17.3. The smallest absolute Gasteiger partial charge is 0.131 e. The first-order chi connectivity index (χ1) is 24.0. The average molecular weight is 655 g/mol. The second-order valence-electron chi connectivity index (χ2n) is 16.3. The largest absolute Gasteiger partial charge is 0.459 e. The van der Waals surface area contributed by atoms with Crippen molar-refractivity contribution in [2.45, 2.75) is 84.5 Å². The summed E-state index contributed by atoms with van der Waals surface area (Å²) in [5.41, 5.74) is 16.6. The summed E-state index contributed by atoms with van der Waals surface area (Å²) in [7, 11) is 0. The summed E-state index contributed by atoms with van der Waals surface area (Å²) in [5.74, 6) is 2.41. The fourth-order valence-electron chi connectivity index (χ4n) is 9.05. The van der Waals surface area contributed by atoms with Gasteiger partial charge in [-0.1, -0.05) is 95.3 Å². The highest BCUT2D eigenvalue weighted by Gasteiger charge is 2.41. The van der Waals surface area contributed by atoms with Gasteiger partial charge in [0.05, 0.1) is 11.2 Å². The number of para-hydroxylation sites is 1. The molecule has 250 valence electrons. The number of anilines is 2. The van der Waals surface area contributed by atoms with Gasteiger partial charge in [0.25, 0.3) is 0 Å². The highest BCUT2D eigenvalue weighted by molar-refractivity contribution is 6.04. The Hall–Kier alpha value is -5.02. The number of nitrogens with zero attached hydrogens (tertiary/aromatic N) is 2. The lowest BCUT2D eigenvalue weighted by atomic mass is 9.85. The molecule has 0 bridgehead atoms. The molecule has 0 amide bonds. The van der Waals surface area contributed by atoms with Crippen LogP contribution in [-0.4, -0.2) is 4.57 Å². The van der Waals surface area contributed by atoms with Crippen LogP contribution in [0.5, 0.6) is 5.75 Å². The number of benzene rings is 5. The van der Waals surface area contributed by atoms with E-state index in [2.05, 4.69) is 167 Å². The molecular formula is C47H46N2O. The molecule has 1 unspecified atom stereocenters. The van der Waals surface area contributed by atoms with E-state index < -0.39 is 0 Å². The first-order valence-corrected chi connectivity index (χ1v) is 18.3. The highest BCUT2D eigenvalue weighted by atomic mass is 16.5. The van der Waals surface area contributed by atoms with Crippen LogP contribution in [-0.2, 0) is 10.8 Å². The number of hydrogen-bond donors (Lipinski definition) is 0. The van der Waals surface area contributed by atoms with Crippen LogP contribution in [0.25, 0.3) is 27.7 Å². The van der Waals surface area contributed by atoms with Gasteiger partial charge in [0.2, 0.25) is 0 Å². The van der Waals surface area contributed by atoms with E-state index in [0.717, 1.165) is 30.8 Å². The lowest BCUT2D eigenvalue weighted by Gasteiger charge is -2.34. The molecule has 50 heavy (non-hydrogen) atoms. The van der Waals surface area contributed by atoms with Crippen LogP contribution in [0.3, 0.4) is 0 Å². The maximum atomic E-state index is 6.76. The fourth-order valence-corrected chi connectivity index (χ4v) is 9.05. The van der Waals surface area contributed by atoms with Gasteiger partial charge in [-0.2, -0.15) is 0 Å². The van der Waals surface area contributed by atoms with Gasteiger partial charge in [0, 0.05) is 50.6 Å². The minimum absolute atomic E-state index is 0.0519. The van der Waals surface area contributed by atoms with Gasteiger partial charge in [0.15, 0.2) is 0 Å². The van der Waals surface area contributed by atoms with Crippen LogP contribution >= 0.6 is 0 Å². The molecule has 3 aliphatic rings. The molecule has 9 rings (SSSR count). The maximum absolute atomic E-state index is 6.76. The van der Waals surface area contributed by atoms with E-state index in [1.807, 2.05) is 0 Å². The Morgan fingerprint density at radius 1 is 0.780 bits per heavy atom. The van der Waals surface area contributed by atoms with Crippen molar-refractivity contribution in [2.24, 2.45) is 0 Å². The van der Waals surface area contributed by atoms with Crippen molar-refractivity contribution in [2.75, 3.05) is 4.90 Å². The highest BCUT2D eigenvalue weighted by Crippen LogP contribution is 2.55. The van der Waals surface area contributed by atoms with Crippen molar-refractivity contribution in [1.29, 1.82) is 0 Å². The standard InChI is InChI=1S/C47H46N2O/c1-29-14-12-15-32(24-29)48(41-20-13-18-36-35-16-9-11-21-42(35)50-44(36)41)33-25-30(2)26-34(28-33)49-40-23-22-31(46(3,4)5)27-38(40)43-37-17-8-10-19-39(37)47(6,7)45(43)49/h8-12,14-17,19,21-28,36H,13,18,20H2,1-7H3. The van der Waals surface area contributed by atoms with Gasteiger partial charge in [-0.3, -0.25) is 0 Å². The first kappa shape index (κ1) is 31.0. The molecule has 0 radical (unpaired) electrons. The van der Waals surface area contributed by atoms with E-state index in [-0.39, 0.29) is 10.8 Å². The van der Waals surface area contributed by atoms with Crippen LogP contribution in [0, 0.1) is 13.8 Å². The number of ether oxygens (including phenoxy) is 1. The zero-order valence-electron chi connectivity index (χ0n) is 30.4. The Morgan fingerprint density at radius 3 is 2.38 bits per heavy atom. The van der Waals surface area contributed by atoms with Crippen molar-refractivity contribution in [3.8, 4) is 22.6 Å². The molecule has 1 aliphatic heterocycles. The molecule has 2 heterocycles. The van der Waals surface area contributed by atoms with Crippen LogP contribution in [0.4, 0.5) is 11.4 Å². The third-order valence-electron chi connectivity index (χ3n) is 11.4. The summed E-state index contributed by atoms with van der Waals surface area (Å²) in [6.07, 6.45) is 3.21. The molecule has 0 saturated heterocycles. The average Bonchev–Trinajstić information content (AvgIpc) is 3.71. The summed E-state index contributed by atoms with van der Waals surface area (Å²) in [4.78, 5) is 2.50. The lowest BCUT2D eigenvalue weighted by molar-refractivity contribution is 0.391. The third kappa shape index (κ3) is 4.62. The van der Waals surface area contributed by atoms with Gasteiger partial charge >= 0.3 is 0 Å². The summed E-state index contributed by atoms with van der Waals surface area (Å²) in [6, 6.07) is 40.9. The molecule has 3 heteroatoms. The Balaban J connectivity index is 1.30. The second-order valence-corrected chi connectivity index (χ2v) is 16.3. The first-order valence-electron chi connectivity index (χ1n) is 18.3. The van der Waals surface area contributed by atoms with Gasteiger partial charge in [-0.05, 0) is 115 Å². The summed E-state index contributed by atoms with van der Waals surface area (Å²) >= 11 is 0. The quantitative estimate of drug-likeness (QED) is 0.188. The van der Waals surface area contributed by atoms with Crippen LogP contribution in [0.2, 0.25) is 0 Å². The molecule has 0 N–H and O–H groups in total. The molecule has 2 aliphatic carbocycles. The van der Waals surface area contributed by atoms with Crippen LogP contribution in [0.1, 0.15) is 93.3 Å². The molecule has 3 nitrogen and oxygen atoms in total. The van der Waals surface area contributed by atoms with Crippen LogP contribution < -0.4 is 9.64 Å². The molecule has 0 saturated carbocycles. The Bertz CT molecular complexity index is 2380. The zero-order chi connectivity index (χ0) is 34.5. The number of rotatable bonds is 4. The molecule has 1 atom stereocenters. The number of aromatic nitrogens is 1. The van der Waals surface area contributed by atoms with E-state index >= 15 is 0 Å². The zero-order valence-corrected chi connectivity index (χ0v) is 30.4. The van der Waals surface area contributed by atoms with Crippen molar-refractivity contribution in [1.82, 2.24) is 4.57 Å². The topological polar surface area (TPSA) is 17.4 Å². The minimum Gasteiger partial charge on any atom is -0.459 e. The molecule has 0 fully saturated rings. The molecular weight excluding hydrogens is 609 g/mol. The van der Waals surface area contributed by atoms with Crippen molar-refractivity contribution < 1.29 is 4.74 Å². The number of hydrogen-bond acceptors (Lipinski definition) is 2. The maximum Gasteiger partial charge on any atom is 0.131 e. The molecule has 1 aromatic heterocycles. The summed E-state index contributed by atoms with van der Waals surface area (Å²) in [5, 5.41) is 1.33. The lowest BCUT2D eigenvalue weighted by Crippen LogP contribution is -2.24. The van der Waals surface area contributed by atoms with E-state index in [1.54, 1.807) is 0 Å². The number of fused-ring (bicyclic) bond motifs is 8. The van der Waals surface area contributed by atoms with E-state index in [0.29, 0.717) is 5.92 Å². The van der Waals surface area contributed by atoms with Gasteiger partial charge < -0.3 is 14.2 Å². The van der Waals surface area contributed by atoms with Crippen LogP contribution in [0.15, 0.2) is 121 Å². The minimum atomic E-state index is -0.169. The summed E-state index contributed by atoms with van der Waals surface area (Å²) < 4.78 is 9.34. The molecule has 6 aromatic rings. The number of allylic oxidation sites excluding steroid dienone is 2. The molecule has 5 aromatic carbocycles. The van der Waals surface area contributed by atoms with Crippen molar-refractivity contribution >= 4 is 22.3 Å². The van der Waals surface area contributed by atoms with E-state index in [1.165, 1.54) is 78.3 Å². The Kier molecular flexibility index (Phi) is 6.81. The number of aryl methyl sites for hydroxylation is 2. The SMILES string of the molecule is Cc1cccc(N(C2=C3Oc4ccccc4C3CCC2)c2cc(C)cc(-n3c4c(c5cc(C(C)(C)C)ccc53)-c3ccccc3C4(C)C)c2)c1. The van der Waals surface area contributed by atoms with E-state index in [4.69, 9.17) is 4.74 Å². The van der Waals surface area contributed by atoms with Gasteiger partial charge in [-0.25, -0.2) is 0 Å². The van der Waals surface area contributed by atoms with Crippen molar-refractivity contribution in [3.63, 3.8) is 0 Å². The Labute approximate surface area is 296 Å². The van der Waals surface area contributed by atoms with Gasteiger partial charge in [0.1, 0.15) is 11.5 Å². The predicted molar refractivity (Wildman–Crippen MR) is 208 cm³/mol. The monoisotopic (exact) mass is 654 g/mol. The fraction of sp³-hybridized carbons (Fsp3) is 0.277. The third-order valence-corrected chi connectivity index (χ3v) is 11.4. The molecule has 0 spiro atoms.